The van der Waals surface area contributed by atoms with Gasteiger partial charge in [-0.3, -0.25) is 4.79 Å². The Morgan fingerprint density at radius 2 is 1.74 bits per heavy atom. The van der Waals surface area contributed by atoms with Gasteiger partial charge in [0.25, 0.3) is 5.91 Å². The molecule has 0 aliphatic carbocycles. The number of hydrogen-bond donors (Lipinski definition) is 1. The lowest BCUT2D eigenvalue weighted by Crippen LogP contribution is -2.36. The zero-order chi connectivity index (χ0) is 23.3. The number of anilines is 2. The molecule has 1 amide bonds. The number of benzene rings is 2. The van der Waals surface area contributed by atoms with Crippen molar-refractivity contribution in [2.75, 3.05) is 43.6 Å². The van der Waals surface area contributed by atoms with Crippen molar-refractivity contribution in [1.82, 2.24) is 14.8 Å². The molecule has 1 saturated heterocycles. The van der Waals surface area contributed by atoms with Crippen LogP contribution >= 0.6 is 0 Å². The molecule has 8 nitrogen and oxygen atoms in total. The van der Waals surface area contributed by atoms with Crippen LogP contribution < -0.4 is 15.0 Å². The molecule has 1 aliphatic rings. The molecule has 3 heterocycles. The molecule has 1 aliphatic heterocycles. The summed E-state index contributed by atoms with van der Waals surface area (Å²) in [6, 6.07) is 21.0. The monoisotopic (exact) mass is 455 g/mol. The Labute approximate surface area is 197 Å². The van der Waals surface area contributed by atoms with Gasteiger partial charge in [0.1, 0.15) is 17.3 Å². The molecule has 0 spiro atoms. The number of para-hydroxylation sites is 2. The van der Waals surface area contributed by atoms with E-state index in [4.69, 9.17) is 14.6 Å². The van der Waals surface area contributed by atoms with Crippen molar-refractivity contribution in [3.63, 3.8) is 0 Å². The third kappa shape index (κ3) is 4.49. The summed E-state index contributed by atoms with van der Waals surface area (Å²) in [5.41, 5.74) is 3.55. The molecular formula is C26H25N5O3. The highest BCUT2D eigenvalue weighted by Gasteiger charge is 2.22. The second-order valence-electron chi connectivity index (χ2n) is 7.83. The van der Waals surface area contributed by atoms with E-state index in [1.165, 1.54) is 0 Å². The van der Waals surface area contributed by atoms with Crippen molar-refractivity contribution in [2.45, 2.75) is 0 Å². The van der Waals surface area contributed by atoms with Crippen LogP contribution in [0.1, 0.15) is 10.4 Å². The molecule has 4 aromatic rings. The van der Waals surface area contributed by atoms with Gasteiger partial charge in [-0.25, -0.2) is 9.67 Å². The molecule has 0 unspecified atom stereocenters. The number of amides is 1. The van der Waals surface area contributed by atoms with Crippen LogP contribution in [-0.2, 0) is 4.74 Å². The predicted molar refractivity (Wildman–Crippen MR) is 131 cm³/mol. The molecule has 8 heteroatoms. The normalized spacial score (nSPS) is 13.5. The highest BCUT2D eigenvalue weighted by Crippen LogP contribution is 2.32. The van der Waals surface area contributed by atoms with E-state index < -0.39 is 0 Å². The van der Waals surface area contributed by atoms with Gasteiger partial charge in [-0.1, -0.05) is 30.3 Å². The highest BCUT2D eigenvalue weighted by atomic mass is 16.5. The van der Waals surface area contributed by atoms with E-state index in [-0.39, 0.29) is 5.91 Å². The first kappa shape index (κ1) is 21.7. The lowest BCUT2D eigenvalue weighted by molar-refractivity contribution is 0.102. The molecule has 0 atom stereocenters. The molecule has 34 heavy (non-hydrogen) atoms. The lowest BCUT2D eigenvalue weighted by Gasteiger charge is -2.28. The van der Waals surface area contributed by atoms with Gasteiger partial charge in [0.2, 0.25) is 0 Å². The fraction of sp³-hybridized carbons (Fsp3) is 0.192. The van der Waals surface area contributed by atoms with Crippen molar-refractivity contribution < 1.29 is 14.3 Å². The zero-order valence-corrected chi connectivity index (χ0v) is 18.8. The summed E-state index contributed by atoms with van der Waals surface area (Å²) in [7, 11) is 1.60. The van der Waals surface area contributed by atoms with Crippen LogP contribution in [-0.4, -0.2) is 54.1 Å². The van der Waals surface area contributed by atoms with Crippen molar-refractivity contribution in [2.24, 2.45) is 0 Å². The minimum atomic E-state index is -0.297. The topological polar surface area (TPSA) is 81.5 Å². The van der Waals surface area contributed by atoms with Crippen LogP contribution in [0.2, 0.25) is 0 Å². The van der Waals surface area contributed by atoms with Crippen molar-refractivity contribution in [3.05, 3.63) is 84.7 Å². The maximum absolute atomic E-state index is 13.4. The summed E-state index contributed by atoms with van der Waals surface area (Å²) in [6.07, 6.45) is 3.50. The van der Waals surface area contributed by atoms with Crippen LogP contribution in [0, 0.1) is 0 Å². The van der Waals surface area contributed by atoms with Crippen LogP contribution in [0.4, 0.5) is 11.5 Å². The summed E-state index contributed by atoms with van der Waals surface area (Å²) in [5.74, 6) is 0.818. The summed E-state index contributed by atoms with van der Waals surface area (Å²) >= 11 is 0. The molecule has 2 aromatic carbocycles. The Bertz CT molecular complexity index is 1270. The Hall–Kier alpha value is -4.17. The van der Waals surface area contributed by atoms with Gasteiger partial charge in [0.05, 0.1) is 43.5 Å². The van der Waals surface area contributed by atoms with Gasteiger partial charge in [-0.2, -0.15) is 5.10 Å². The quantitative estimate of drug-likeness (QED) is 0.473. The Balaban J connectivity index is 1.46. The summed E-state index contributed by atoms with van der Waals surface area (Å²) < 4.78 is 12.6. The summed E-state index contributed by atoms with van der Waals surface area (Å²) in [6.45, 7) is 3.06. The van der Waals surface area contributed by atoms with Crippen LogP contribution in [0.25, 0.3) is 16.9 Å². The average molecular weight is 456 g/mol. The lowest BCUT2D eigenvalue weighted by atomic mass is 10.1. The summed E-state index contributed by atoms with van der Waals surface area (Å²) in [5, 5.41) is 7.65. The standard InChI is InChI=1S/C26H25N5O3/c1-33-23-10-6-5-9-21(23)25-22(18-31(29-25)19-7-3-2-4-8-19)26(32)28-24-12-11-20(17-27-24)30-13-15-34-16-14-30/h2-12,17-18H,13-16H2,1H3,(H,27,28,32). The molecule has 0 radical (unpaired) electrons. The van der Waals surface area contributed by atoms with Crippen molar-refractivity contribution in [3.8, 4) is 22.7 Å². The molecular weight excluding hydrogens is 430 g/mol. The second-order valence-corrected chi connectivity index (χ2v) is 7.83. The van der Waals surface area contributed by atoms with Crippen molar-refractivity contribution in [1.29, 1.82) is 0 Å². The van der Waals surface area contributed by atoms with E-state index in [9.17, 15) is 4.79 Å². The van der Waals surface area contributed by atoms with E-state index in [0.717, 1.165) is 30.0 Å². The molecule has 172 valence electrons. The van der Waals surface area contributed by atoms with Gasteiger partial charge in [0.15, 0.2) is 0 Å². The maximum Gasteiger partial charge on any atom is 0.260 e. The van der Waals surface area contributed by atoms with Gasteiger partial charge in [-0.15, -0.1) is 0 Å². The van der Waals surface area contributed by atoms with E-state index in [1.807, 2.05) is 66.7 Å². The fourth-order valence-electron chi connectivity index (χ4n) is 3.94. The first-order valence-corrected chi connectivity index (χ1v) is 11.1. The first-order valence-electron chi connectivity index (χ1n) is 11.1. The molecule has 5 rings (SSSR count). The first-order chi connectivity index (χ1) is 16.7. The Morgan fingerprint density at radius 3 is 2.47 bits per heavy atom. The zero-order valence-electron chi connectivity index (χ0n) is 18.8. The number of ether oxygens (including phenoxy) is 2. The van der Waals surface area contributed by atoms with Crippen LogP contribution in [0.15, 0.2) is 79.1 Å². The number of aromatic nitrogens is 3. The number of methoxy groups -OCH3 is 1. The number of morpholine rings is 1. The number of hydrogen-bond acceptors (Lipinski definition) is 6. The number of carbonyl (C=O) groups is 1. The third-order valence-corrected chi connectivity index (χ3v) is 5.71. The number of nitrogens with one attached hydrogen (secondary N) is 1. The third-order valence-electron chi connectivity index (χ3n) is 5.71. The van der Waals surface area contributed by atoms with Gasteiger partial charge in [0, 0.05) is 24.8 Å². The summed E-state index contributed by atoms with van der Waals surface area (Å²) in [4.78, 5) is 20.0. The maximum atomic E-state index is 13.4. The van der Waals surface area contributed by atoms with Gasteiger partial charge >= 0.3 is 0 Å². The molecule has 0 saturated carbocycles. The van der Waals surface area contributed by atoms with Crippen LogP contribution in [0.5, 0.6) is 5.75 Å². The Morgan fingerprint density at radius 1 is 0.971 bits per heavy atom. The van der Waals surface area contributed by atoms with Gasteiger partial charge < -0.3 is 19.7 Å². The van der Waals surface area contributed by atoms with Crippen molar-refractivity contribution >= 4 is 17.4 Å². The predicted octanol–water partition coefficient (Wildman–Crippen LogP) is 4.03. The van der Waals surface area contributed by atoms with E-state index in [0.29, 0.717) is 36.0 Å². The molecule has 1 fully saturated rings. The smallest absolute Gasteiger partial charge is 0.260 e. The SMILES string of the molecule is COc1ccccc1-c1nn(-c2ccccc2)cc1C(=O)Nc1ccc(N2CCOCC2)cn1. The van der Waals surface area contributed by atoms with E-state index >= 15 is 0 Å². The van der Waals surface area contributed by atoms with Gasteiger partial charge in [-0.05, 0) is 36.4 Å². The number of carbonyl (C=O) groups excluding carboxylic acids is 1. The van der Waals surface area contributed by atoms with E-state index in [1.54, 1.807) is 24.2 Å². The van der Waals surface area contributed by atoms with Crippen LogP contribution in [0.3, 0.4) is 0 Å². The minimum absolute atomic E-state index is 0.297. The number of rotatable bonds is 6. The minimum Gasteiger partial charge on any atom is -0.496 e. The number of pyridine rings is 1. The molecule has 2 aromatic heterocycles. The second kappa shape index (κ2) is 9.76. The van der Waals surface area contributed by atoms with E-state index in [2.05, 4.69) is 15.2 Å². The average Bonchev–Trinajstić information content (AvgIpc) is 3.36. The molecule has 1 N–H and O–H groups in total. The highest BCUT2D eigenvalue weighted by molar-refractivity contribution is 6.08. The molecule has 0 bridgehead atoms. The fourth-order valence-corrected chi connectivity index (χ4v) is 3.94. The largest absolute Gasteiger partial charge is 0.496 e. The number of nitrogens with zero attached hydrogens (tertiary/aromatic N) is 4. The Kier molecular flexibility index (Phi) is 6.22.